The Morgan fingerprint density at radius 3 is 2.36 bits per heavy atom. The number of benzene rings is 2. The monoisotopic (exact) mass is 910 g/mol. The number of imidazole rings is 1. The molecule has 20 heteroatoms. The van der Waals surface area contributed by atoms with Crippen LogP contribution < -0.4 is 36.5 Å². The Labute approximate surface area is 384 Å². The number of nitrogens with one attached hydrogen (secondary N) is 4. The molecule has 5 amide bonds. The number of fused-ring (bicyclic) bond motifs is 3. The van der Waals surface area contributed by atoms with Crippen LogP contribution in [0.25, 0.3) is 10.9 Å². The highest BCUT2D eigenvalue weighted by Gasteiger charge is 2.34. The van der Waals surface area contributed by atoms with E-state index >= 15 is 0 Å². The number of nitrogens with zero attached hydrogens (tertiary/aromatic N) is 7. The lowest BCUT2D eigenvalue weighted by Crippen LogP contribution is -2.35. The Balaban J connectivity index is 0.830. The molecule has 6 heterocycles. The minimum atomic E-state index is -0.578. The largest absolute Gasteiger partial charge is 0.493 e. The maximum absolute atomic E-state index is 13.7. The highest BCUT2D eigenvalue weighted by Crippen LogP contribution is 2.38. The van der Waals surface area contributed by atoms with Crippen molar-refractivity contribution in [1.29, 1.82) is 0 Å². The molecular weight excluding hydrogens is 861 g/mol. The average molecular weight is 911 g/mol. The van der Waals surface area contributed by atoms with Gasteiger partial charge in [0.2, 0.25) is 11.7 Å². The maximum atomic E-state index is 13.7. The molecule has 1 fully saturated rings. The molecule has 2 aromatic carbocycles. The molecule has 6 N–H and O–H groups in total. The third-order valence-corrected chi connectivity index (χ3v) is 11.4. The van der Waals surface area contributed by atoms with E-state index in [1.54, 1.807) is 102 Å². The Hall–Kier alpha value is -8.26. The first-order valence-corrected chi connectivity index (χ1v) is 21.5. The smallest absolute Gasteiger partial charge is 0.291 e. The Morgan fingerprint density at radius 2 is 1.60 bits per heavy atom. The summed E-state index contributed by atoms with van der Waals surface area (Å²) in [7, 11) is 6.44. The lowest BCUT2D eigenvalue weighted by atomic mass is 10.1. The molecule has 0 unspecified atom stereocenters. The standard InChI is InChI=1S/C47H50N12O8/c1-27-16-32-22-50-34-21-39(38(66-5)20-33(34)46(64)59(32)23-27)67-15-6-8-41(60)53-40-26-57(4)42(54-40)45(63)52-30-18-36(55(2)24-30)44(62)51-31-19-37(56(3)25-31)47(65)58-14-11-28-17-29(9-10-35(28)58)43(61)49-13-7-12-48/h9-11,14,17-22,24-26,32H,1,6-8,12-13,15-16,23,48H2,2-5H3,(H,49,61)(H,51,62)(H,52,63)(H,53,60)/t32-/m0/s1. The number of anilines is 3. The summed E-state index contributed by atoms with van der Waals surface area (Å²) in [4.78, 5) is 89.8. The van der Waals surface area contributed by atoms with Crippen molar-refractivity contribution in [2.75, 3.05) is 49.3 Å². The first-order chi connectivity index (χ1) is 32.2. The molecule has 8 rings (SSSR count). The zero-order valence-electron chi connectivity index (χ0n) is 37.4. The predicted octanol–water partition coefficient (Wildman–Crippen LogP) is 4.62. The van der Waals surface area contributed by atoms with Crippen LogP contribution in [-0.2, 0) is 25.9 Å². The number of aromatic nitrogens is 5. The van der Waals surface area contributed by atoms with E-state index in [0.717, 1.165) is 5.57 Å². The van der Waals surface area contributed by atoms with Gasteiger partial charge in [-0.25, -0.2) is 4.98 Å². The normalized spacial score (nSPS) is 14.1. The molecule has 0 bridgehead atoms. The summed E-state index contributed by atoms with van der Waals surface area (Å²) in [5.41, 5.74) is 9.68. The number of amides is 5. The van der Waals surface area contributed by atoms with Crippen LogP contribution in [0.4, 0.5) is 22.9 Å². The lowest BCUT2D eigenvalue weighted by Gasteiger charge is -2.20. The number of hydrogen-bond donors (Lipinski definition) is 5. The minimum absolute atomic E-state index is 0.0107. The fraction of sp³-hybridized carbons (Fsp3) is 0.277. The van der Waals surface area contributed by atoms with Gasteiger partial charge in [-0.15, -0.1) is 0 Å². The number of hydrogen-bond acceptors (Lipinski definition) is 11. The van der Waals surface area contributed by atoms with Gasteiger partial charge in [0.25, 0.3) is 29.5 Å². The van der Waals surface area contributed by atoms with Gasteiger partial charge in [0.1, 0.15) is 11.4 Å². The summed E-state index contributed by atoms with van der Waals surface area (Å²) >= 11 is 0. The van der Waals surface area contributed by atoms with Gasteiger partial charge in [-0.3, -0.25) is 38.3 Å². The van der Waals surface area contributed by atoms with Gasteiger partial charge in [-0.1, -0.05) is 12.2 Å². The van der Waals surface area contributed by atoms with Gasteiger partial charge in [0.05, 0.1) is 47.9 Å². The van der Waals surface area contributed by atoms with Crippen LogP contribution >= 0.6 is 0 Å². The zero-order valence-corrected chi connectivity index (χ0v) is 37.4. The molecule has 2 aliphatic heterocycles. The zero-order chi connectivity index (χ0) is 47.5. The van der Waals surface area contributed by atoms with Crippen molar-refractivity contribution < 1.29 is 38.2 Å². The second-order valence-electron chi connectivity index (χ2n) is 16.3. The highest BCUT2D eigenvalue weighted by atomic mass is 16.5. The van der Waals surface area contributed by atoms with E-state index in [-0.39, 0.29) is 60.0 Å². The fourth-order valence-electron chi connectivity index (χ4n) is 8.04. The molecule has 20 nitrogen and oxygen atoms in total. The Bertz CT molecular complexity index is 3010. The summed E-state index contributed by atoms with van der Waals surface area (Å²) in [5, 5.41) is 11.8. The van der Waals surface area contributed by atoms with Gasteiger partial charge in [-0.2, -0.15) is 0 Å². The third-order valence-electron chi connectivity index (χ3n) is 11.4. The second-order valence-corrected chi connectivity index (χ2v) is 16.3. The van der Waals surface area contributed by atoms with Crippen molar-refractivity contribution in [2.24, 2.45) is 31.9 Å². The van der Waals surface area contributed by atoms with E-state index in [0.29, 0.717) is 95.2 Å². The van der Waals surface area contributed by atoms with E-state index in [4.69, 9.17) is 15.2 Å². The predicted molar refractivity (Wildman–Crippen MR) is 251 cm³/mol. The molecule has 0 saturated carbocycles. The van der Waals surface area contributed by atoms with Gasteiger partial charge in [0, 0.05) is 88.7 Å². The topological polar surface area (TPSA) is 243 Å². The molecular formula is C47H50N12O8. The minimum Gasteiger partial charge on any atom is -0.493 e. The van der Waals surface area contributed by atoms with Crippen molar-refractivity contribution in [3.8, 4) is 11.5 Å². The number of rotatable bonds is 16. The summed E-state index contributed by atoms with van der Waals surface area (Å²) in [5.74, 6) is -1.18. The Morgan fingerprint density at radius 1 is 0.851 bits per heavy atom. The summed E-state index contributed by atoms with van der Waals surface area (Å²) < 4.78 is 17.6. The number of nitrogens with two attached hydrogens (primary N) is 1. The fourth-order valence-corrected chi connectivity index (χ4v) is 8.04. The highest BCUT2D eigenvalue weighted by molar-refractivity contribution is 6.08. The molecule has 0 aliphatic carbocycles. The molecule has 4 aromatic heterocycles. The number of methoxy groups -OCH3 is 1. The van der Waals surface area contributed by atoms with Crippen LogP contribution in [0.3, 0.4) is 0 Å². The third kappa shape index (κ3) is 9.59. The van der Waals surface area contributed by atoms with Crippen molar-refractivity contribution in [3.63, 3.8) is 0 Å². The van der Waals surface area contributed by atoms with Crippen molar-refractivity contribution >= 4 is 75.4 Å². The van der Waals surface area contributed by atoms with Gasteiger partial charge in [0.15, 0.2) is 17.3 Å². The summed E-state index contributed by atoms with van der Waals surface area (Å²) in [6.07, 6.45) is 9.84. The molecule has 1 atom stereocenters. The number of carbonyl (C=O) groups is 6. The first kappa shape index (κ1) is 45.3. The van der Waals surface area contributed by atoms with Crippen LogP contribution in [0.1, 0.15) is 78.0 Å². The molecule has 1 saturated heterocycles. The van der Waals surface area contributed by atoms with Crippen LogP contribution in [0.5, 0.6) is 11.5 Å². The SMILES string of the molecule is C=C1C[C@H]2C=Nc3cc(OCCCC(=O)Nc4cn(C)c(C(=O)Nc5cc(C(=O)Nc6cc(C(=O)n7ccc8cc(C(=O)NCCCN)ccc87)n(C)c6)n(C)c5)n4)c(OC)cc3C(=O)N2C1. The van der Waals surface area contributed by atoms with Crippen molar-refractivity contribution in [1.82, 2.24) is 33.5 Å². The molecule has 346 valence electrons. The van der Waals surface area contributed by atoms with Crippen LogP contribution in [-0.4, -0.2) is 109 Å². The van der Waals surface area contributed by atoms with Crippen LogP contribution in [0.2, 0.25) is 0 Å². The molecule has 6 aromatic rings. The van der Waals surface area contributed by atoms with Gasteiger partial charge < -0.3 is 55.1 Å². The van der Waals surface area contributed by atoms with Crippen LogP contribution in [0.15, 0.2) is 90.5 Å². The lowest BCUT2D eigenvalue weighted by molar-refractivity contribution is -0.116. The number of aryl methyl sites for hydroxylation is 3. The molecule has 0 radical (unpaired) electrons. The average Bonchev–Trinajstić information content (AvgIpc) is 4.13. The number of carbonyl (C=O) groups excluding carboxylic acids is 6. The van der Waals surface area contributed by atoms with Crippen molar-refractivity contribution in [3.05, 3.63) is 114 Å². The van der Waals surface area contributed by atoms with Gasteiger partial charge in [-0.05, 0) is 68.3 Å². The number of aliphatic imine (C=N–C) groups is 1. The van der Waals surface area contributed by atoms with E-state index in [1.165, 1.54) is 28.5 Å². The quantitative estimate of drug-likeness (QED) is 0.0667. The first-order valence-electron chi connectivity index (χ1n) is 21.5. The van der Waals surface area contributed by atoms with E-state index in [9.17, 15) is 28.8 Å². The summed E-state index contributed by atoms with van der Waals surface area (Å²) in [6, 6.07) is 13.1. The molecule has 0 spiro atoms. The maximum Gasteiger partial charge on any atom is 0.291 e. The molecule has 2 aliphatic rings. The van der Waals surface area contributed by atoms with Crippen LogP contribution in [0, 0.1) is 0 Å². The molecule has 67 heavy (non-hydrogen) atoms. The summed E-state index contributed by atoms with van der Waals surface area (Å²) in [6.45, 7) is 5.60. The van der Waals surface area contributed by atoms with Gasteiger partial charge >= 0.3 is 0 Å². The number of ether oxygens (including phenoxy) is 2. The van der Waals surface area contributed by atoms with E-state index < -0.39 is 11.8 Å². The Kier molecular flexibility index (Phi) is 12.9. The van der Waals surface area contributed by atoms with E-state index in [1.807, 2.05) is 0 Å². The van der Waals surface area contributed by atoms with E-state index in [2.05, 4.69) is 37.8 Å². The van der Waals surface area contributed by atoms with Crippen molar-refractivity contribution in [2.45, 2.75) is 31.7 Å². The second kappa shape index (κ2) is 19.1.